The fraction of sp³-hybridized carbons (Fsp3) is 0.0588. The maximum atomic E-state index is 3.74. The number of hydrogen-bond acceptors (Lipinski definition) is 1. The number of anilines is 1. The van der Waals surface area contributed by atoms with Crippen LogP contribution in [-0.2, 0) is 0 Å². The zero-order valence-corrected chi connectivity index (χ0v) is 10.2. The van der Waals surface area contributed by atoms with Gasteiger partial charge < -0.3 is 5.32 Å². The van der Waals surface area contributed by atoms with Crippen molar-refractivity contribution < 1.29 is 0 Å². The van der Waals surface area contributed by atoms with E-state index in [-0.39, 0.29) is 0 Å². The zero-order chi connectivity index (χ0) is 12.4. The monoisotopic (exact) mass is 233 g/mol. The van der Waals surface area contributed by atoms with E-state index in [2.05, 4.69) is 66.5 Å². The van der Waals surface area contributed by atoms with Gasteiger partial charge in [0.2, 0.25) is 0 Å². The summed E-state index contributed by atoms with van der Waals surface area (Å²) in [6.45, 7) is 4.53. The third-order valence-corrected chi connectivity index (χ3v) is 3.18. The van der Waals surface area contributed by atoms with E-state index in [0.717, 1.165) is 12.2 Å². The second kappa shape index (κ2) is 4.53. The molecular formula is C17H15N. The van der Waals surface area contributed by atoms with E-state index in [1.54, 1.807) is 0 Å². The molecule has 0 atom stereocenters. The Hall–Kier alpha value is -2.28. The van der Waals surface area contributed by atoms with Gasteiger partial charge in [0.1, 0.15) is 0 Å². The lowest BCUT2D eigenvalue weighted by atomic mass is 10.0. The Kier molecular flexibility index (Phi) is 2.73. The molecule has 0 aliphatic rings. The Morgan fingerprint density at radius 3 is 2.39 bits per heavy atom. The molecule has 0 aromatic heterocycles. The predicted octanol–water partition coefficient (Wildman–Crippen LogP) is 4.59. The Morgan fingerprint density at radius 2 is 1.61 bits per heavy atom. The third-order valence-electron chi connectivity index (χ3n) is 3.18. The van der Waals surface area contributed by atoms with Gasteiger partial charge in [0.15, 0.2) is 0 Å². The highest BCUT2D eigenvalue weighted by molar-refractivity contribution is 6.03. The average molecular weight is 233 g/mol. The maximum absolute atomic E-state index is 3.74. The lowest BCUT2D eigenvalue weighted by molar-refractivity contribution is 1.36. The van der Waals surface area contributed by atoms with Crippen LogP contribution in [0.1, 0.15) is 0 Å². The molecule has 1 N–H and O–H groups in total. The van der Waals surface area contributed by atoms with E-state index < -0.39 is 0 Å². The Balaban J connectivity index is 2.25. The third kappa shape index (κ3) is 1.84. The van der Waals surface area contributed by atoms with Crippen molar-refractivity contribution in [2.24, 2.45) is 0 Å². The first-order chi connectivity index (χ1) is 8.88. The van der Waals surface area contributed by atoms with E-state index in [9.17, 15) is 0 Å². The van der Waals surface area contributed by atoms with Gasteiger partial charge in [-0.15, -0.1) is 6.58 Å². The van der Waals surface area contributed by atoms with Gasteiger partial charge in [-0.25, -0.2) is 0 Å². The molecule has 0 aliphatic carbocycles. The van der Waals surface area contributed by atoms with Gasteiger partial charge in [0.25, 0.3) is 0 Å². The first-order valence-corrected chi connectivity index (χ1v) is 6.15. The van der Waals surface area contributed by atoms with Crippen molar-refractivity contribution in [2.45, 2.75) is 0 Å². The number of nitrogens with one attached hydrogen (secondary N) is 1. The molecule has 0 amide bonds. The van der Waals surface area contributed by atoms with E-state index in [0.29, 0.717) is 0 Å². The van der Waals surface area contributed by atoms with Crippen molar-refractivity contribution in [3.05, 3.63) is 67.3 Å². The molecule has 18 heavy (non-hydrogen) atoms. The van der Waals surface area contributed by atoms with Crippen LogP contribution < -0.4 is 5.32 Å². The predicted molar refractivity (Wildman–Crippen MR) is 80.1 cm³/mol. The van der Waals surface area contributed by atoms with Crippen LogP contribution in [0.2, 0.25) is 0 Å². The first kappa shape index (κ1) is 10.8. The van der Waals surface area contributed by atoms with Gasteiger partial charge >= 0.3 is 0 Å². The molecule has 3 aromatic carbocycles. The quantitative estimate of drug-likeness (QED) is 0.515. The highest BCUT2D eigenvalue weighted by Gasteiger charge is 2.01. The molecule has 0 heterocycles. The van der Waals surface area contributed by atoms with E-state index in [1.165, 1.54) is 21.5 Å². The molecule has 1 heteroatoms. The normalized spacial score (nSPS) is 10.7. The van der Waals surface area contributed by atoms with Gasteiger partial charge in [0, 0.05) is 17.6 Å². The zero-order valence-electron chi connectivity index (χ0n) is 10.2. The van der Waals surface area contributed by atoms with E-state index >= 15 is 0 Å². The van der Waals surface area contributed by atoms with Crippen LogP contribution >= 0.6 is 0 Å². The van der Waals surface area contributed by atoms with E-state index in [1.807, 2.05) is 6.08 Å². The van der Waals surface area contributed by atoms with Gasteiger partial charge in [-0.2, -0.15) is 0 Å². The van der Waals surface area contributed by atoms with Crippen LogP contribution in [0.15, 0.2) is 67.3 Å². The molecule has 3 rings (SSSR count). The number of fused-ring (bicyclic) bond motifs is 2. The molecule has 0 spiro atoms. The standard InChI is InChI=1S/C17H15N/c1-2-10-18-17-9-5-8-15-11-13-6-3-4-7-14(13)12-16(15)17/h2-9,11-12,18H,1,10H2. The van der Waals surface area contributed by atoms with Crippen LogP contribution in [-0.4, -0.2) is 6.54 Å². The SMILES string of the molecule is C=CCNc1cccc2cc3ccccc3cc12. The van der Waals surface area contributed by atoms with Crippen molar-refractivity contribution in [1.29, 1.82) is 0 Å². The second-order valence-electron chi connectivity index (χ2n) is 4.40. The molecule has 1 nitrogen and oxygen atoms in total. The Morgan fingerprint density at radius 1 is 0.889 bits per heavy atom. The molecular weight excluding hydrogens is 218 g/mol. The molecule has 0 aliphatic heterocycles. The van der Waals surface area contributed by atoms with Gasteiger partial charge in [-0.3, -0.25) is 0 Å². The average Bonchev–Trinajstić information content (AvgIpc) is 2.43. The highest BCUT2D eigenvalue weighted by Crippen LogP contribution is 2.28. The summed E-state index contributed by atoms with van der Waals surface area (Å²) in [7, 11) is 0. The Labute approximate surface area is 107 Å². The van der Waals surface area contributed by atoms with Crippen LogP contribution in [0.4, 0.5) is 5.69 Å². The molecule has 0 bridgehead atoms. The highest BCUT2D eigenvalue weighted by atomic mass is 14.9. The molecule has 88 valence electrons. The van der Waals surface area contributed by atoms with Crippen molar-refractivity contribution in [3.63, 3.8) is 0 Å². The van der Waals surface area contributed by atoms with Crippen LogP contribution in [0.3, 0.4) is 0 Å². The van der Waals surface area contributed by atoms with Gasteiger partial charge in [0.05, 0.1) is 0 Å². The second-order valence-corrected chi connectivity index (χ2v) is 4.40. The summed E-state index contributed by atoms with van der Waals surface area (Å²) in [6, 6.07) is 19.3. The first-order valence-electron chi connectivity index (χ1n) is 6.15. The van der Waals surface area contributed by atoms with Crippen molar-refractivity contribution in [3.8, 4) is 0 Å². The topological polar surface area (TPSA) is 12.0 Å². The van der Waals surface area contributed by atoms with Crippen molar-refractivity contribution in [1.82, 2.24) is 0 Å². The molecule has 0 saturated carbocycles. The molecule has 0 saturated heterocycles. The maximum Gasteiger partial charge on any atom is 0.0422 e. The number of rotatable bonds is 3. The van der Waals surface area contributed by atoms with Gasteiger partial charge in [-0.05, 0) is 34.4 Å². The minimum Gasteiger partial charge on any atom is -0.381 e. The number of benzene rings is 3. The minimum atomic E-state index is 0.784. The van der Waals surface area contributed by atoms with Crippen LogP contribution in [0.5, 0.6) is 0 Å². The van der Waals surface area contributed by atoms with Crippen LogP contribution in [0, 0.1) is 0 Å². The molecule has 3 aromatic rings. The largest absolute Gasteiger partial charge is 0.381 e. The summed E-state index contributed by atoms with van der Waals surface area (Å²) in [5.74, 6) is 0. The smallest absolute Gasteiger partial charge is 0.0422 e. The summed E-state index contributed by atoms with van der Waals surface area (Å²) in [5, 5.41) is 8.47. The fourth-order valence-corrected chi connectivity index (χ4v) is 2.30. The molecule has 0 fully saturated rings. The molecule has 0 radical (unpaired) electrons. The summed E-state index contributed by atoms with van der Waals surface area (Å²) < 4.78 is 0. The summed E-state index contributed by atoms with van der Waals surface area (Å²) in [5.41, 5.74) is 1.16. The van der Waals surface area contributed by atoms with E-state index in [4.69, 9.17) is 0 Å². The lowest BCUT2D eigenvalue weighted by Gasteiger charge is -2.09. The molecule has 0 unspecified atom stereocenters. The Bertz CT molecular complexity index is 713. The summed E-state index contributed by atoms with van der Waals surface area (Å²) >= 11 is 0. The van der Waals surface area contributed by atoms with Gasteiger partial charge in [-0.1, -0.05) is 42.5 Å². The van der Waals surface area contributed by atoms with Crippen molar-refractivity contribution >= 4 is 27.2 Å². The summed E-state index contributed by atoms with van der Waals surface area (Å²) in [4.78, 5) is 0. The summed E-state index contributed by atoms with van der Waals surface area (Å²) in [6.07, 6.45) is 1.87. The van der Waals surface area contributed by atoms with Crippen LogP contribution in [0.25, 0.3) is 21.5 Å². The lowest BCUT2D eigenvalue weighted by Crippen LogP contribution is -1.98. The fourth-order valence-electron chi connectivity index (χ4n) is 2.30. The number of hydrogen-bond donors (Lipinski definition) is 1. The minimum absolute atomic E-state index is 0.784. The van der Waals surface area contributed by atoms with Crippen molar-refractivity contribution in [2.75, 3.05) is 11.9 Å².